The summed E-state index contributed by atoms with van der Waals surface area (Å²) in [5, 5.41) is 4.90. The van der Waals surface area contributed by atoms with Crippen molar-refractivity contribution in [2.24, 2.45) is 0 Å². The second-order valence-corrected chi connectivity index (χ2v) is 6.94. The van der Waals surface area contributed by atoms with Gasteiger partial charge in [0.05, 0.1) is 10.7 Å². The summed E-state index contributed by atoms with van der Waals surface area (Å²) in [6, 6.07) is 18.5. The third kappa shape index (κ3) is 3.64. The van der Waals surface area contributed by atoms with E-state index in [-0.39, 0.29) is 18.0 Å². The minimum atomic E-state index is -0.309. The summed E-state index contributed by atoms with van der Waals surface area (Å²) in [6.07, 6.45) is 0.823. The Balaban J connectivity index is 1.56. The van der Waals surface area contributed by atoms with Gasteiger partial charge in [0.2, 0.25) is 5.91 Å². The summed E-state index contributed by atoms with van der Waals surface area (Å²) in [7, 11) is 0. The third-order valence-electron chi connectivity index (χ3n) is 4.78. The molecule has 1 amide bonds. The van der Waals surface area contributed by atoms with Crippen molar-refractivity contribution in [3.63, 3.8) is 0 Å². The highest BCUT2D eigenvalue weighted by Gasteiger charge is 2.21. The molecule has 136 valence electrons. The molecule has 0 saturated heterocycles. The zero-order chi connectivity index (χ0) is 18.8. The Morgan fingerprint density at radius 2 is 1.74 bits per heavy atom. The number of carbonyl (C=O) groups excluding carboxylic acids is 1. The maximum Gasteiger partial charge on any atom is 0.267 e. The summed E-state index contributed by atoms with van der Waals surface area (Å²) in [5.41, 5.74) is 3.42. The van der Waals surface area contributed by atoms with Crippen molar-refractivity contribution in [2.45, 2.75) is 19.5 Å². The molecular formula is C21H18ClN3O2. The molecule has 0 radical (unpaired) electrons. The molecule has 2 heterocycles. The van der Waals surface area contributed by atoms with E-state index in [0.717, 1.165) is 17.5 Å². The van der Waals surface area contributed by atoms with E-state index in [2.05, 4.69) is 11.2 Å². The van der Waals surface area contributed by atoms with Crippen LogP contribution in [0.1, 0.15) is 11.1 Å². The van der Waals surface area contributed by atoms with Crippen LogP contribution in [0.15, 0.2) is 65.5 Å². The fraction of sp³-hybridized carbons (Fsp3) is 0.190. The standard InChI is InChI=1S/C21H18ClN3O2/c22-18-8-4-3-7-17(18)19-9-10-20(26)25(23-19)14-21(27)24-12-11-15-5-1-2-6-16(15)13-24/h1-10H,11-14H2. The quantitative estimate of drug-likeness (QED) is 0.702. The predicted molar refractivity (Wildman–Crippen MR) is 105 cm³/mol. The van der Waals surface area contributed by atoms with E-state index in [4.69, 9.17) is 11.6 Å². The van der Waals surface area contributed by atoms with Gasteiger partial charge in [0, 0.05) is 24.7 Å². The van der Waals surface area contributed by atoms with Crippen LogP contribution in [0.3, 0.4) is 0 Å². The van der Waals surface area contributed by atoms with Gasteiger partial charge in [-0.25, -0.2) is 4.68 Å². The first-order valence-electron chi connectivity index (χ1n) is 8.79. The first-order valence-corrected chi connectivity index (χ1v) is 9.17. The smallest absolute Gasteiger partial charge is 0.267 e. The minimum absolute atomic E-state index is 0.0840. The number of amides is 1. The Hall–Kier alpha value is -2.92. The number of hydrogen-bond acceptors (Lipinski definition) is 3. The highest BCUT2D eigenvalue weighted by molar-refractivity contribution is 6.33. The number of nitrogens with zero attached hydrogens (tertiary/aromatic N) is 3. The molecule has 0 spiro atoms. The molecule has 2 aromatic carbocycles. The van der Waals surface area contributed by atoms with E-state index in [1.54, 1.807) is 17.0 Å². The molecule has 4 rings (SSSR count). The lowest BCUT2D eigenvalue weighted by molar-refractivity contribution is -0.133. The monoisotopic (exact) mass is 379 g/mol. The lowest BCUT2D eigenvalue weighted by atomic mass is 10.00. The molecule has 3 aromatic rings. The SMILES string of the molecule is O=C(Cn1nc(-c2ccccc2Cl)ccc1=O)N1CCc2ccccc2C1. The van der Waals surface area contributed by atoms with Crippen LogP contribution in [0, 0.1) is 0 Å². The number of hydrogen-bond donors (Lipinski definition) is 0. The summed E-state index contributed by atoms with van der Waals surface area (Å²) < 4.78 is 1.21. The summed E-state index contributed by atoms with van der Waals surface area (Å²) in [5.74, 6) is -0.115. The average molecular weight is 380 g/mol. The van der Waals surface area contributed by atoms with Crippen molar-refractivity contribution in [1.82, 2.24) is 14.7 Å². The van der Waals surface area contributed by atoms with Crippen LogP contribution in [0.2, 0.25) is 5.02 Å². The largest absolute Gasteiger partial charge is 0.336 e. The summed E-state index contributed by atoms with van der Waals surface area (Å²) in [6.45, 7) is 1.13. The second kappa shape index (κ2) is 7.37. The van der Waals surface area contributed by atoms with Crippen molar-refractivity contribution in [3.8, 4) is 11.3 Å². The van der Waals surface area contributed by atoms with E-state index in [0.29, 0.717) is 23.8 Å². The molecule has 0 atom stereocenters. The maximum absolute atomic E-state index is 12.7. The highest BCUT2D eigenvalue weighted by atomic mass is 35.5. The van der Waals surface area contributed by atoms with Crippen molar-refractivity contribution >= 4 is 17.5 Å². The number of rotatable bonds is 3. The lowest BCUT2D eigenvalue weighted by Crippen LogP contribution is -2.40. The Labute approximate surface area is 161 Å². The fourth-order valence-electron chi connectivity index (χ4n) is 3.31. The van der Waals surface area contributed by atoms with Crippen LogP contribution in [0.25, 0.3) is 11.3 Å². The van der Waals surface area contributed by atoms with Gasteiger partial charge in [-0.15, -0.1) is 0 Å². The van der Waals surface area contributed by atoms with Gasteiger partial charge in [0.25, 0.3) is 5.56 Å². The van der Waals surface area contributed by atoms with Crippen LogP contribution < -0.4 is 5.56 Å². The van der Waals surface area contributed by atoms with Gasteiger partial charge in [0.1, 0.15) is 6.54 Å². The maximum atomic E-state index is 12.7. The van der Waals surface area contributed by atoms with Crippen LogP contribution in [0.5, 0.6) is 0 Å². The molecule has 1 aliphatic heterocycles. The van der Waals surface area contributed by atoms with E-state index in [1.807, 2.05) is 36.4 Å². The Bertz CT molecular complexity index is 1060. The molecule has 0 saturated carbocycles. The van der Waals surface area contributed by atoms with Crippen LogP contribution in [-0.2, 0) is 24.3 Å². The van der Waals surface area contributed by atoms with Gasteiger partial charge in [-0.05, 0) is 29.7 Å². The Morgan fingerprint density at radius 1 is 1.00 bits per heavy atom. The lowest BCUT2D eigenvalue weighted by Gasteiger charge is -2.29. The zero-order valence-corrected chi connectivity index (χ0v) is 15.4. The van der Waals surface area contributed by atoms with Crippen molar-refractivity contribution in [3.05, 3.63) is 87.2 Å². The average Bonchev–Trinajstić information content (AvgIpc) is 2.70. The van der Waals surface area contributed by atoms with Gasteiger partial charge in [-0.2, -0.15) is 5.10 Å². The molecule has 27 heavy (non-hydrogen) atoms. The molecule has 0 fully saturated rings. The number of aromatic nitrogens is 2. The second-order valence-electron chi connectivity index (χ2n) is 6.53. The van der Waals surface area contributed by atoms with E-state index in [1.165, 1.54) is 16.3 Å². The molecule has 1 aromatic heterocycles. The topological polar surface area (TPSA) is 55.2 Å². The van der Waals surface area contributed by atoms with Crippen LogP contribution in [0.4, 0.5) is 0 Å². The van der Waals surface area contributed by atoms with Gasteiger partial charge in [0.15, 0.2) is 0 Å². The Morgan fingerprint density at radius 3 is 2.56 bits per heavy atom. The molecule has 5 nitrogen and oxygen atoms in total. The number of halogens is 1. The number of fused-ring (bicyclic) bond motifs is 1. The van der Waals surface area contributed by atoms with Gasteiger partial charge < -0.3 is 4.90 Å². The van der Waals surface area contributed by atoms with Gasteiger partial charge in [-0.1, -0.05) is 54.1 Å². The van der Waals surface area contributed by atoms with Gasteiger partial charge >= 0.3 is 0 Å². The third-order valence-corrected chi connectivity index (χ3v) is 5.11. The molecular weight excluding hydrogens is 362 g/mol. The first-order chi connectivity index (χ1) is 13.1. The molecule has 0 aliphatic carbocycles. The van der Waals surface area contributed by atoms with Crippen LogP contribution in [-0.4, -0.2) is 27.1 Å². The van der Waals surface area contributed by atoms with Gasteiger partial charge in [-0.3, -0.25) is 9.59 Å². The van der Waals surface area contributed by atoms with Crippen molar-refractivity contribution in [2.75, 3.05) is 6.54 Å². The summed E-state index contributed by atoms with van der Waals surface area (Å²) >= 11 is 6.22. The highest BCUT2D eigenvalue weighted by Crippen LogP contribution is 2.25. The normalized spacial score (nSPS) is 13.3. The fourth-order valence-corrected chi connectivity index (χ4v) is 3.54. The predicted octanol–water partition coefficient (Wildman–Crippen LogP) is 3.15. The zero-order valence-electron chi connectivity index (χ0n) is 14.6. The van der Waals surface area contributed by atoms with E-state index >= 15 is 0 Å². The van der Waals surface area contributed by atoms with Crippen LogP contribution >= 0.6 is 11.6 Å². The molecule has 1 aliphatic rings. The van der Waals surface area contributed by atoms with Crippen molar-refractivity contribution in [1.29, 1.82) is 0 Å². The van der Waals surface area contributed by atoms with E-state index in [9.17, 15) is 9.59 Å². The number of carbonyl (C=O) groups is 1. The van der Waals surface area contributed by atoms with Crippen molar-refractivity contribution < 1.29 is 4.79 Å². The molecule has 0 bridgehead atoms. The summed E-state index contributed by atoms with van der Waals surface area (Å²) in [4.78, 5) is 26.7. The number of benzene rings is 2. The minimum Gasteiger partial charge on any atom is -0.336 e. The first kappa shape index (κ1) is 17.5. The molecule has 6 heteroatoms. The van der Waals surface area contributed by atoms with E-state index < -0.39 is 0 Å². The molecule has 0 unspecified atom stereocenters. The Kier molecular flexibility index (Phi) is 4.77. The molecule has 0 N–H and O–H groups in total.